The van der Waals surface area contributed by atoms with Gasteiger partial charge in [0.2, 0.25) is 0 Å². The van der Waals surface area contributed by atoms with Gasteiger partial charge in [0, 0.05) is 30.9 Å². The van der Waals surface area contributed by atoms with Gasteiger partial charge in [-0.05, 0) is 24.3 Å². The van der Waals surface area contributed by atoms with Gasteiger partial charge in [-0.2, -0.15) is 5.26 Å². The fourth-order valence-corrected chi connectivity index (χ4v) is 2.21. The molecule has 0 spiro atoms. The first-order valence-electron chi connectivity index (χ1n) is 7.00. The minimum absolute atomic E-state index is 0.0771. The molecule has 0 saturated heterocycles. The predicted octanol–water partition coefficient (Wildman–Crippen LogP) is 3.34. The van der Waals surface area contributed by atoms with E-state index in [-0.39, 0.29) is 18.0 Å². The van der Waals surface area contributed by atoms with E-state index in [9.17, 15) is 4.79 Å². The van der Waals surface area contributed by atoms with Crippen LogP contribution in [-0.2, 0) is 0 Å². The Balaban J connectivity index is 2.12. The second-order valence-electron chi connectivity index (χ2n) is 4.80. The highest BCUT2D eigenvalue weighted by Crippen LogP contribution is 2.17. The monoisotopic (exact) mass is 339 g/mol. The topological polar surface area (TPSA) is 102 Å². The summed E-state index contributed by atoms with van der Waals surface area (Å²) in [5.41, 5.74) is 1.56. The second kappa shape index (κ2) is 7.99. The molecule has 2 N–H and O–H groups in total. The predicted molar refractivity (Wildman–Crippen MR) is 94.1 cm³/mol. The van der Waals surface area contributed by atoms with Crippen molar-refractivity contribution in [2.75, 3.05) is 12.4 Å². The maximum atomic E-state index is 12.2. The van der Waals surface area contributed by atoms with Gasteiger partial charge in [-0.25, -0.2) is 4.98 Å². The first-order chi connectivity index (χ1) is 11.5. The number of nitrogens with zero attached hydrogens (tertiary/aromatic N) is 3. The van der Waals surface area contributed by atoms with Gasteiger partial charge in [-0.1, -0.05) is 23.7 Å². The lowest BCUT2D eigenvalue weighted by molar-refractivity contribution is 0.102. The molecule has 1 aromatic carbocycles. The number of anilines is 1. The summed E-state index contributed by atoms with van der Waals surface area (Å²) in [5.74, 6) is 0.0194. The number of nitriles is 1. The Morgan fingerprint density at radius 1 is 1.38 bits per heavy atom. The first kappa shape index (κ1) is 17.3. The highest BCUT2D eigenvalue weighted by molar-refractivity contribution is 6.34. The Labute approximate surface area is 144 Å². The Kier molecular flexibility index (Phi) is 5.77. The SMILES string of the molecule is CN=C(CC(=N)C#N)c1ccc(NC(=O)c2ccccc2Cl)nc1. The van der Waals surface area contributed by atoms with E-state index in [2.05, 4.69) is 15.3 Å². The Bertz CT molecular complexity index is 837. The van der Waals surface area contributed by atoms with Gasteiger partial charge in [0.15, 0.2) is 0 Å². The number of aliphatic imine (C=N–C) groups is 1. The summed E-state index contributed by atoms with van der Waals surface area (Å²) in [6.45, 7) is 0. The van der Waals surface area contributed by atoms with E-state index in [0.717, 1.165) is 0 Å². The Morgan fingerprint density at radius 3 is 2.71 bits per heavy atom. The summed E-state index contributed by atoms with van der Waals surface area (Å²) < 4.78 is 0. The van der Waals surface area contributed by atoms with Crippen molar-refractivity contribution in [1.29, 1.82) is 10.7 Å². The second-order valence-corrected chi connectivity index (χ2v) is 5.21. The van der Waals surface area contributed by atoms with Crippen molar-refractivity contribution in [2.24, 2.45) is 4.99 Å². The van der Waals surface area contributed by atoms with E-state index in [1.807, 2.05) is 0 Å². The molecule has 0 atom stereocenters. The molecule has 2 rings (SSSR count). The van der Waals surface area contributed by atoms with Crippen molar-refractivity contribution in [1.82, 2.24) is 4.98 Å². The van der Waals surface area contributed by atoms with E-state index < -0.39 is 0 Å². The number of amides is 1. The van der Waals surface area contributed by atoms with Gasteiger partial charge in [0.25, 0.3) is 5.91 Å². The van der Waals surface area contributed by atoms with Gasteiger partial charge >= 0.3 is 0 Å². The number of hydrogen-bond donors (Lipinski definition) is 2. The van der Waals surface area contributed by atoms with Gasteiger partial charge in [-0.3, -0.25) is 15.2 Å². The number of carbonyl (C=O) groups is 1. The number of carbonyl (C=O) groups excluding carboxylic acids is 1. The van der Waals surface area contributed by atoms with Crippen LogP contribution in [0.2, 0.25) is 5.02 Å². The van der Waals surface area contributed by atoms with E-state index in [1.165, 1.54) is 6.20 Å². The molecule has 0 aliphatic heterocycles. The lowest BCUT2D eigenvalue weighted by Gasteiger charge is -2.08. The van der Waals surface area contributed by atoms with Crippen LogP contribution < -0.4 is 5.32 Å². The average molecular weight is 340 g/mol. The molecule has 1 heterocycles. The van der Waals surface area contributed by atoms with E-state index in [4.69, 9.17) is 22.3 Å². The zero-order chi connectivity index (χ0) is 17.5. The van der Waals surface area contributed by atoms with Gasteiger partial charge in [-0.15, -0.1) is 0 Å². The number of halogens is 1. The van der Waals surface area contributed by atoms with Crippen LogP contribution in [0.3, 0.4) is 0 Å². The number of hydrogen-bond acceptors (Lipinski definition) is 5. The molecule has 2 aromatic rings. The smallest absolute Gasteiger partial charge is 0.258 e. The van der Waals surface area contributed by atoms with Crippen LogP contribution in [0.1, 0.15) is 22.3 Å². The van der Waals surface area contributed by atoms with Gasteiger partial charge in [0.05, 0.1) is 10.6 Å². The van der Waals surface area contributed by atoms with Crippen LogP contribution >= 0.6 is 11.6 Å². The third kappa shape index (κ3) is 4.24. The van der Waals surface area contributed by atoms with E-state index in [0.29, 0.717) is 27.7 Å². The molecule has 7 heteroatoms. The number of rotatable bonds is 5. The van der Waals surface area contributed by atoms with E-state index in [1.54, 1.807) is 49.5 Å². The largest absolute Gasteiger partial charge is 0.307 e. The summed E-state index contributed by atoms with van der Waals surface area (Å²) in [5, 5.41) is 19.2. The van der Waals surface area contributed by atoms with Crippen LogP contribution in [-0.4, -0.2) is 29.4 Å². The lowest BCUT2D eigenvalue weighted by atomic mass is 10.1. The molecule has 0 bridgehead atoms. The fourth-order valence-electron chi connectivity index (χ4n) is 1.98. The zero-order valence-corrected chi connectivity index (χ0v) is 13.6. The first-order valence-corrected chi connectivity index (χ1v) is 7.38. The van der Waals surface area contributed by atoms with E-state index >= 15 is 0 Å². The molecule has 0 aliphatic rings. The van der Waals surface area contributed by atoms with Crippen molar-refractivity contribution < 1.29 is 4.79 Å². The Morgan fingerprint density at radius 2 is 2.12 bits per heavy atom. The molecule has 120 valence electrons. The highest BCUT2D eigenvalue weighted by Gasteiger charge is 2.11. The normalized spacial score (nSPS) is 10.8. The standard InChI is InChI=1S/C17H14ClN5O/c1-21-15(8-12(20)9-19)11-6-7-16(22-10-11)23-17(24)13-4-2-3-5-14(13)18/h2-7,10,20H,8H2,1H3,(H,22,23,24). The van der Waals surface area contributed by atoms with Crippen molar-refractivity contribution >= 4 is 34.7 Å². The summed E-state index contributed by atoms with van der Waals surface area (Å²) in [6.07, 6.45) is 1.68. The summed E-state index contributed by atoms with van der Waals surface area (Å²) in [4.78, 5) is 20.4. The Hall–Kier alpha value is -3.04. The average Bonchev–Trinajstić information content (AvgIpc) is 2.60. The number of nitrogens with one attached hydrogen (secondary N) is 2. The molecule has 1 amide bonds. The van der Waals surface area contributed by atoms with Crippen LogP contribution in [0.25, 0.3) is 0 Å². The van der Waals surface area contributed by atoms with Crippen LogP contribution in [0, 0.1) is 16.7 Å². The molecule has 0 aliphatic carbocycles. The van der Waals surface area contributed by atoms with Crippen LogP contribution in [0.15, 0.2) is 47.6 Å². The molecular formula is C17H14ClN5O. The summed E-state index contributed by atoms with van der Waals surface area (Å²) in [6, 6.07) is 11.9. The van der Waals surface area contributed by atoms with Crippen LogP contribution in [0.4, 0.5) is 5.82 Å². The third-order valence-electron chi connectivity index (χ3n) is 3.21. The third-order valence-corrected chi connectivity index (χ3v) is 3.54. The fraction of sp³-hybridized carbons (Fsp3) is 0.118. The maximum Gasteiger partial charge on any atom is 0.258 e. The minimum atomic E-state index is -0.350. The summed E-state index contributed by atoms with van der Waals surface area (Å²) >= 11 is 5.99. The number of benzene rings is 1. The molecular weight excluding hydrogens is 326 g/mol. The van der Waals surface area contributed by atoms with Crippen molar-refractivity contribution in [3.8, 4) is 6.07 Å². The molecule has 1 aromatic heterocycles. The lowest BCUT2D eigenvalue weighted by Crippen LogP contribution is -2.14. The van der Waals surface area contributed by atoms with Gasteiger partial charge in [0.1, 0.15) is 17.6 Å². The molecule has 0 radical (unpaired) electrons. The van der Waals surface area contributed by atoms with Crippen LogP contribution in [0.5, 0.6) is 0 Å². The maximum absolute atomic E-state index is 12.2. The number of aromatic nitrogens is 1. The molecule has 6 nitrogen and oxygen atoms in total. The molecule has 0 fully saturated rings. The number of pyridine rings is 1. The minimum Gasteiger partial charge on any atom is -0.307 e. The molecule has 0 saturated carbocycles. The molecule has 24 heavy (non-hydrogen) atoms. The van der Waals surface area contributed by atoms with Crippen molar-refractivity contribution in [3.05, 3.63) is 58.7 Å². The van der Waals surface area contributed by atoms with Gasteiger partial charge < -0.3 is 5.32 Å². The van der Waals surface area contributed by atoms with Crippen molar-refractivity contribution in [3.63, 3.8) is 0 Å². The van der Waals surface area contributed by atoms with Crippen molar-refractivity contribution in [2.45, 2.75) is 6.42 Å². The summed E-state index contributed by atoms with van der Waals surface area (Å²) in [7, 11) is 1.59. The quantitative estimate of drug-likeness (QED) is 0.816. The highest BCUT2D eigenvalue weighted by atomic mass is 35.5. The molecule has 0 unspecified atom stereocenters. The zero-order valence-electron chi connectivity index (χ0n) is 12.9.